The average Bonchev–Trinajstić information content (AvgIpc) is 2.34. The van der Waals surface area contributed by atoms with Crippen LogP contribution in [0.1, 0.15) is 12.6 Å². The number of amides is 1. The molecule has 1 aromatic heterocycles. The zero-order valence-electron chi connectivity index (χ0n) is 10.7. The minimum atomic E-state index is -0.401. The average molecular weight is 301 g/mol. The highest BCUT2D eigenvalue weighted by molar-refractivity contribution is 8.00. The van der Waals surface area contributed by atoms with Gasteiger partial charge in [-0.3, -0.25) is 9.59 Å². The summed E-state index contributed by atoms with van der Waals surface area (Å²) in [5.41, 5.74) is 5.85. The summed E-state index contributed by atoms with van der Waals surface area (Å²) >= 11 is 2.45. The van der Waals surface area contributed by atoms with Crippen LogP contribution in [0.2, 0.25) is 0 Å². The molecule has 0 atom stereocenters. The Labute approximate surface area is 119 Å². The highest BCUT2D eigenvalue weighted by Gasteiger charge is 2.08. The van der Waals surface area contributed by atoms with E-state index >= 15 is 0 Å². The number of thioether (sulfide) groups is 2. The lowest BCUT2D eigenvalue weighted by molar-refractivity contribution is -0.139. The van der Waals surface area contributed by atoms with Crippen LogP contribution in [0.4, 0.5) is 0 Å². The summed E-state index contributed by atoms with van der Waals surface area (Å²) < 4.78 is 4.82. The predicted molar refractivity (Wildman–Crippen MR) is 74.0 cm³/mol. The highest BCUT2D eigenvalue weighted by Crippen LogP contribution is 2.20. The number of rotatable bonds is 7. The zero-order valence-corrected chi connectivity index (χ0v) is 12.3. The third-order valence-electron chi connectivity index (χ3n) is 1.80. The van der Waals surface area contributed by atoms with E-state index in [2.05, 4.69) is 9.97 Å². The summed E-state index contributed by atoms with van der Waals surface area (Å²) in [6.45, 7) is 3.93. The fourth-order valence-electron chi connectivity index (χ4n) is 1.12. The molecule has 1 heterocycles. The maximum atomic E-state index is 11.2. The lowest BCUT2D eigenvalue weighted by Gasteiger charge is -2.04. The molecule has 1 aromatic rings. The van der Waals surface area contributed by atoms with Crippen LogP contribution in [-0.2, 0) is 14.3 Å². The van der Waals surface area contributed by atoms with Gasteiger partial charge < -0.3 is 10.5 Å². The highest BCUT2D eigenvalue weighted by atomic mass is 32.2. The number of nitrogens with two attached hydrogens (primary N) is 1. The number of aromatic nitrogens is 2. The number of hydrogen-bond acceptors (Lipinski definition) is 7. The van der Waals surface area contributed by atoms with Crippen molar-refractivity contribution >= 4 is 35.4 Å². The van der Waals surface area contributed by atoms with Gasteiger partial charge in [-0.15, -0.1) is 0 Å². The first-order valence-corrected chi connectivity index (χ1v) is 7.53. The number of ether oxygens (including phenoxy) is 1. The molecule has 1 rings (SSSR count). The molecule has 0 aliphatic rings. The third kappa shape index (κ3) is 6.44. The molecule has 2 N–H and O–H groups in total. The molecule has 0 unspecified atom stereocenters. The van der Waals surface area contributed by atoms with Crippen LogP contribution in [0, 0.1) is 6.92 Å². The minimum Gasteiger partial charge on any atom is -0.465 e. The Morgan fingerprint density at radius 1 is 1.32 bits per heavy atom. The number of aryl methyl sites for hydroxylation is 1. The maximum Gasteiger partial charge on any atom is 0.316 e. The van der Waals surface area contributed by atoms with E-state index < -0.39 is 5.91 Å². The molecule has 0 saturated carbocycles. The van der Waals surface area contributed by atoms with Gasteiger partial charge in [0.2, 0.25) is 5.91 Å². The Kier molecular flexibility index (Phi) is 6.65. The summed E-state index contributed by atoms with van der Waals surface area (Å²) in [7, 11) is 0. The molecule has 0 bridgehead atoms. The number of esters is 1. The molecule has 0 spiro atoms. The Bertz CT molecular complexity index is 468. The lowest BCUT2D eigenvalue weighted by Crippen LogP contribution is -2.13. The Morgan fingerprint density at radius 2 is 2.05 bits per heavy atom. The van der Waals surface area contributed by atoms with Crippen LogP contribution in [0.5, 0.6) is 0 Å². The van der Waals surface area contributed by atoms with Gasteiger partial charge in [-0.1, -0.05) is 23.5 Å². The van der Waals surface area contributed by atoms with Crippen LogP contribution in [0.25, 0.3) is 0 Å². The van der Waals surface area contributed by atoms with Gasteiger partial charge in [0.1, 0.15) is 5.03 Å². The van der Waals surface area contributed by atoms with Gasteiger partial charge in [0.15, 0.2) is 5.16 Å². The summed E-state index contributed by atoms with van der Waals surface area (Å²) in [5.74, 6) is -0.374. The molecule has 104 valence electrons. The Hall–Kier alpha value is -1.28. The van der Waals surface area contributed by atoms with Gasteiger partial charge in [0, 0.05) is 5.69 Å². The van der Waals surface area contributed by atoms with E-state index in [0.29, 0.717) is 16.8 Å². The van der Waals surface area contributed by atoms with Crippen molar-refractivity contribution in [2.75, 3.05) is 18.1 Å². The van der Waals surface area contributed by atoms with Crippen molar-refractivity contribution in [3.63, 3.8) is 0 Å². The van der Waals surface area contributed by atoms with Gasteiger partial charge >= 0.3 is 5.97 Å². The van der Waals surface area contributed by atoms with Crippen molar-refractivity contribution in [1.29, 1.82) is 0 Å². The molecule has 0 radical (unpaired) electrons. The van der Waals surface area contributed by atoms with Crippen LogP contribution < -0.4 is 5.73 Å². The topological polar surface area (TPSA) is 95.2 Å². The van der Waals surface area contributed by atoms with Gasteiger partial charge in [0.05, 0.1) is 18.1 Å². The van der Waals surface area contributed by atoms with E-state index in [-0.39, 0.29) is 17.5 Å². The smallest absolute Gasteiger partial charge is 0.316 e. The molecule has 0 aliphatic carbocycles. The minimum absolute atomic E-state index is 0.164. The molecule has 1 amide bonds. The van der Waals surface area contributed by atoms with Gasteiger partial charge in [-0.05, 0) is 19.9 Å². The lowest BCUT2D eigenvalue weighted by atomic mass is 10.5. The monoisotopic (exact) mass is 301 g/mol. The molecule has 6 nitrogen and oxygen atoms in total. The number of carbonyl (C=O) groups excluding carboxylic acids is 2. The molecule has 19 heavy (non-hydrogen) atoms. The molecule has 0 aliphatic heterocycles. The van der Waals surface area contributed by atoms with Crippen molar-refractivity contribution in [3.05, 3.63) is 11.8 Å². The van der Waals surface area contributed by atoms with E-state index in [1.165, 1.54) is 23.5 Å². The van der Waals surface area contributed by atoms with E-state index in [4.69, 9.17) is 10.5 Å². The van der Waals surface area contributed by atoms with Crippen molar-refractivity contribution in [1.82, 2.24) is 9.97 Å². The summed E-state index contributed by atoms with van der Waals surface area (Å²) in [6.07, 6.45) is 0. The van der Waals surface area contributed by atoms with Crippen molar-refractivity contribution in [2.45, 2.75) is 24.0 Å². The maximum absolute atomic E-state index is 11.2. The first kappa shape index (κ1) is 15.8. The summed E-state index contributed by atoms with van der Waals surface area (Å²) in [5, 5.41) is 1.15. The van der Waals surface area contributed by atoms with E-state index in [9.17, 15) is 9.59 Å². The van der Waals surface area contributed by atoms with Gasteiger partial charge in [-0.25, -0.2) is 9.97 Å². The van der Waals surface area contributed by atoms with E-state index in [0.717, 1.165) is 5.69 Å². The number of primary amides is 1. The normalized spacial score (nSPS) is 10.2. The first-order chi connectivity index (χ1) is 9.01. The summed E-state index contributed by atoms with van der Waals surface area (Å²) in [6, 6.07) is 1.77. The van der Waals surface area contributed by atoms with Crippen molar-refractivity contribution < 1.29 is 14.3 Å². The zero-order chi connectivity index (χ0) is 14.3. The van der Waals surface area contributed by atoms with E-state index in [1.54, 1.807) is 13.0 Å². The number of carbonyl (C=O) groups is 2. The number of hydrogen-bond donors (Lipinski definition) is 1. The van der Waals surface area contributed by atoms with Gasteiger partial charge in [0.25, 0.3) is 0 Å². The largest absolute Gasteiger partial charge is 0.465 e. The third-order valence-corrected chi connectivity index (χ3v) is 3.55. The molecule has 0 aromatic carbocycles. The Balaban J connectivity index is 2.62. The Morgan fingerprint density at radius 3 is 2.68 bits per heavy atom. The summed E-state index contributed by atoms with van der Waals surface area (Å²) in [4.78, 5) is 30.4. The second kappa shape index (κ2) is 8.00. The van der Waals surface area contributed by atoms with Crippen molar-refractivity contribution in [2.24, 2.45) is 5.73 Å². The molecule has 8 heteroatoms. The predicted octanol–water partition coefficient (Wildman–Crippen LogP) is 1.02. The quantitative estimate of drug-likeness (QED) is 0.347. The van der Waals surface area contributed by atoms with Crippen LogP contribution in [0.15, 0.2) is 16.2 Å². The first-order valence-electron chi connectivity index (χ1n) is 5.56. The van der Waals surface area contributed by atoms with Crippen LogP contribution in [-0.4, -0.2) is 40.0 Å². The molecular weight excluding hydrogens is 286 g/mol. The fraction of sp³-hybridized carbons (Fsp3) is 0.455. The van der Waals surface area contributed by atoms with E-state index in [1.807, 2.05) is 6.92 Å². The van der Waals surface area contributed by atoms with Crippen molar-refractivity contribution in [3.8, 4) is 0 Å². The number of nitrogens with zero attached hydrogens (tertiary/aromatic N) is 2. The molecular formula is C11H15N3O3S2. The molecule has 0 saturated heterocycles. The van der Waals surface area contributed by atoms with Crippen LogP contribution in [0.3, 0.4) is 0 Å². The van der Waals surface area contributed by atoms with Crippen LogP contribution >= 0.6 is 23.5 Å². The fourth-order valence-corrected chi connectivity index (χ4v) is 2.58. The second-order valence-corrected chi connectivity index (χ2v) is 5.42. The molecule has 0 fully saturated rings. The standard InChI is InChI=1S/C11H15N3O3S2/c1-3-17-10(16)6-19-11-13-7(2)4-9(14-11)18-5-8(12)15/h4H,3,5-6H2,1-2H3,(H2,12,15). The van der Waals surface area contributed by atoms with Gasteiger partial charge in [-0.2, -0.15) is 0 Å². The second-order valence-electron chi connectivity index (χ2n) is 3.48. The SMILES string of the molecule is CCOC(=O)CSc1nc(C)cc(SCC(N)=O)n1.